The van der Waals surface area contributed by atoms with Crippen molar-refractivity contribution in [1.82, 2.24) is 10.6 Å². The Balaban J connectivity index is 0.000000443. The van der Waals surface area contributed by atoms with Crippen molar-refractivity contribution < 1.29 is 24.6 Å². The largest absolute Gasteiger partial charge is 0.480 e. The molecule has 0 aromatic rings. The summed E-state index contributed by atoms with van der Waals surface area (Å²) in [6.07, 6.45) is 2.02. The highest BCUT2D eigenvalue weighted by atomic mass is 16.4. The third-order valence-electron chi connectivity index (χ3n) is 2.45. The van der Waals surface area contributed by atoms with Gasteiger partial charge in [-0.05, 0) is 32.2 Å². The molecule has 0 saturated carbocycles. The molecule has 1 rings (SSSR count). The molecule has 0 radical (unpaired) electrons. The minimum absolute atomic E-state index is 0.204. The second-order valence-electron chi connectivity index (χ2n) is 4.08. The van der Waals surface area contributed by atoms with Gasteiger partial charge in [0.25, 0.3) is 0 Å². The first-order valence-corrected chi connectivity index (χ1v) is 6.16. The summed E-state index contributed by atoms with van der Waals surface area (Å²) in [7, 11) is 0. The van der Waals surface area contributed by atoms with E-state index in [1.807, 2.05) is 5.32 Å². The number of nitrogens with one attached hydrogen (secondary N) is 2. The smallest absolute Gasteiger partial charge is 0.405 e. The minimum atomic E-state index is -1.32. The third kappa shape index (κ3) is 9.83. The maximum atomic E-state index is 10.5. The molecule has 0 aromatic carbocycles. The standard InChI is InChI=1S/C7H14N2O4.C4H7NO/c8-4-2-1-3-5(6(10)11)9-7(12)13;6-4-2-1-3-5-4/h5,9H,1-4,8H2,(H,10,11)(H,12,13);1-3H2,(H,5,6). The van der Waals surface area contributed by atoms with Gasteiger partial charge in [0.1, 0.15) is 6.04 Å². The van der Waals surface area contributed by atoms with Crippen molar-refractivity contribution in [1.29, 1.82) is 0 Å². The molecule has 1 heterocycles. The molecule has 1 saturated heterocycles. The number of carbonyl (C=O) groups is 3. The van der Waals surface area contributed by atoms with Gasteiger partial charge < -0.3 is 26.6 Å². The van der Waals surface area contributed by atoms with E-state index in [4.69, 9.17) is 15.9 Å². The van der Waals surface area contributed by atoms with Gasteiger partial charge in [0, 0.05) is 13.0 Å². The van der Waals surface area contributed by atoms with Crippen LogP contribution < -0.4 is 16.4 Å². The van der Waals surface area contributed by atoms with E-state index < -0.39 is 18.1 Å². The Morgan fingerprint density at radius 3 is 2.37 bits per heavy atom. The van der Waals surface area contributed by atoms with E-state index in [1.54, 1.807) is 0 Å². The lowest BCUT2D eigenvalue weighted by Gasteiger charge is -2.10. The first kappa shape index (κ1) is 17.2. The van der Waals surface area contributed by atoms with Crippen LogP contribution in [0.3, 0.4) is 0 Å². The highest BCUT2D eigenvalue weighted by molar-refractivity contribution is 5.79. The lowest BCUT2D eigenvalue weighted by Crippen LogP contribution is -2.39. The Morgan fingerprint density at radius 1 is 1.37 bits per heavy atom. The summed E-state index contributed by atoms with van der Waals surface area (Å²) < 4.78 is 0. The number of nitrogens with two attached hydrogens (primary N) is 1. The van der Waals surface area contributed by atoms with Crippen molar-refractivity contribution in [3.8, 4) is 0 Å². The Hall–Kier alpha value is -1.83. The molecule has 6 N–H and O–H groups in total. The van der Waals surface area contributed by atoms with Crippen LogP contribution in [0.5, 0.6) is 0 Å². The van der Waals surface area contributed by atoms with E-state index in [0.717, 1.165) is 19.4 Å². The van der Waals surface area contributed by atoms with Crippen molar-refractivity contribution in [3.05, 3.63) is 0 Å². The predicted molar refractivity (Wildman–Crippen MR) is 67.7 cm³/mol. The van der Waals surface area contributed by atoms with Crippen molar-refractivity contribution in [3.63, 3.8) is 0 Å². The fourth-order valence-electron chi connectivity index (χ4n) is 1.46. The Kier molecular flexibility index (Phi) is 9.15. The van der Waals surface area contributed by atoms with E-state index in [1.165, 1.54) is 0 Å². The van der Waals surface area contributed by atoms with Crippen LogP contribution in [-0.4, -0.2) is 47.3 Å². The SMILES string of the molecule is NCCCCC(NC(=O)O)C(=O)O.O=C1CCCN1. The zero-order valence-electron chi connectivity index (χ0n) is 10.7. The van der Waals surface area contributed by atoms with Crippen LogP contribution in [0.15, 0.2) is 0 Å². The fourth-order valence-corrected chi connectivity index (χ4v) is 1.46. The van der Waals surface area contributed by atoms with Gasteiger partial charge in [-0.3, -0.25) is 4.79 Å². The van der Waals surface area contributed by atoms with Crippen LogP contribution in [0.25, 0.3) is 0 Å². The summed E-state index contributed by atoms with van der Waals surface area (Å²) >= 11 is 0. The minimum Gasteiger partial charge on any atom is -0.480 e. The molecule has 8 heteroatoms. The van der Waals surface area contributed by atoms with E-state index in [-0.39, 0.29) is 12.3 Å². The second-order valence-corrected chi connectivity index (χ2v) is 4.08. The molecule has 0 aliphatic carbocycles. The van der Waals surface area contributed by atoms with E-state index in [2.05, 4.69) is 5.32 Å². The van der Waals surface area contributed by atoms with Gasteiger partial charge in [-0.2, -0.15) is 0 Å². The van der Waals surface area contributed by atoms with Crippen molar-refractivity contribution in [2.24, 2.45) is 5.73 Å². The number of amides is 2. The third-order valence-corrected chi connectivity index (χ3v) is 2.45. The van der Waals surface area contributed by atoms with Gasteiger partial charge in [0.15, 0.2) is 0 Å². The highest BCUT2D eigenvalue weighted by Gasteiger charge is 2.18. The molecule has 0 spiro atoms. The first-order chi connectivity index (χ1) is 8.97. The van der Waals surface area contributed by atoms with Crippen molar-refractivity contribution in [2.75, 3.05) is 13.1 Å². The number of carbonyl (C=O) groups excluding carboxylic acids is 1. The Bertz CT molecular complexity index is 301. The lowest BCUT2D eigenvalue weighted by molar-refractivity contribution is -0.139. The molecule has 0 bridgehead atoms. The van der Waals surface area contributed by atoms with Crippen LogP contribution in [0.1, 0.15) is 32.1 Å². The number of carboxylic acid groups (broad SMARTS) is 2. The van der Waals surface area contributed by atoms with Crippen LogP contribution >= 0.6 is 0 Å². The zero-order valence-corrected chi connectivity index (χ0v) is 10.7. The Morgan fingerprint density at radius 2 is 2.05 bits per heavy atom. The van der Waals surface area contributed by atoms with Gasteiger partial charge >= 0.3 is 12.1 Å². The summed E-state index contributed by atoms with van der Waals surface area (Å²) in [4.78, 5) is 30.8. The summed E-state index contributed by atoms with van der Waals surface area (Å²) in [6, 6.07) is -1.02. The Labute approximate surface area is 111 Å². The summed E-state index contributed by atoms with van der Waals surface area (Å²) in [6.45, 7) is 1.37. The number of hydrogen-bond donors (Lipinski definition) is 5. The molecule has 110 valence electrons. The van der Waals surface area contributed by atoms with Gasteiger partial charge in [0.2, 0.25) is 5.91 Å². The zero-order chi connectivity index (χ0) is 14.7. The van der Waals surface area contributed by atoms with Crippen molar-refractivity contribution in [2.45, 2.75) is 38.1 Å². The second kappa shape index (κ2) is 10.1. The van der Waals surface area contributed by atoms with Gasteiger partial charge in [0.05, 0.1) is 0 Å². The molecule has 8 nitrogen and oxygen atoms in total. The lowest BCUT2D eigenvalue weighted by atomic mass is 10.1. The van der Waals surface area contributed by atoms with Gasteiger partial charge in [-0.1, -0.05) is 0 Å². The van der Waals surface area contributed by atoms with Gasteiger partial charge in [-0.25, -0.2) is 9.59 Å². The molecule has 0 aromatic heterocycles. The predicted octanol–water partition coefficient (Wildman–Crippen LogP) is -0.267. The molecule has 19 heavy (non-hydrogen) atoms. The van der Waals surface area contributed by atoms with Gasteiger partial charge in [-0.15, -0.1) is 0 Å². The number of aliphatic carboxylic acids is 1. The molecular weight excluding hydrogens is 254 g/mol. The average molecular weight is 275 g/mol. The topological polar surface area (TPSA) is 142 Å². The van der Waals surface area contributed by atoms with Crippen molar-refractivity contribution >= 4 is 18.0 Å². The molecule has 1 aliphatic rings. The van der Waals surface area contributed by atoms with Crippen LogP contribution in [-0.2, 0) is 9.59 Å². The average Bonchev–Trinajstić information content (AvgIpc) is 2.79. The molecule has 1 fully saturated rings. The van der Waals surface area contributed by atoms with Crippen LogP contribution in [0, 0.1) is 0 Å². The number of rotatable bonds is 6. The quantitative estimate of drug-likeness (QED) is 0.422. The molecule has 2 amide bonds. The number of unbranched alkanes of at least 4 members (excludes halogenated alkanes) is 1. The maximum Gasteiger partial charge on any atom is 0.405 e. The number of carboxylic acids is 1. The van der Waals surface area contributed by atoms with Crippen LogP contribution in [0.2, 0.25) is 0 Å². The molecule has 1 unspecified atom stereocenters. The fraction of sp³-hybridized carbons (Fsp3) is 0.727. The first-order valence-electron chi connectivity index (χ1n) is 6.16. The monoisotopic (exact) mass is 275 g/mol. The summed E-state index contributed by atoms with van der Waals surface area (Å²) in [5, 5.41) is 21.4. The van der Waals surface area contributed by atoms with E-state index in [0.29, 0.717) is 19.4 Å². The molecule has 1 atom stereocenters. The molecule has 1 aliphatic heterocycles. The maximum absolute atomic E-state index is 10.5. The normalized spacial score (nSPS) is 14.9. The van der Waals surface area contributed by atoms with E-state index in [9.17, 15) is 14.4 Å². The van der Waals surface area contributed by atoms with E-state index >= 15 is 0 Å². The summed E-state index contributed by atoms with van der Waals surface area (Å²) in [5.41, 5.74) is 5.21. The molecular formula is C11H21N3O5. The highest BCUT2D eigenvalue weighted by Crippen LogP contribution is 2.00. The summed E-state index contributed by atoms with van der Waals surface area (Å²) in [5.74, 6) is -0.950. The number of hydrogen-bond acceptors (Lipinski definition) is 4. The van der Waals surface area contributed by atoms with Crippen LogP contribution in [0.4, 0.5) is 4.79 Å².